The van der Waals surface area contributed by atoms with E-state index in [1.165, 1.54) is 11.3 Å². The maximum Gasteiger partial charge on any atom is 0.263 e. The zero-order chi connectivity index (χ0) is 17.8. The maximum atomic E-state index is 12.2. The molecule has 0 radical (unpaired) electrons. The fraction of sp³-hybridized carbons (Fsp3) is 0.611. The van der Waals surface area contributed by atoms with Crippen LogP contribution in [0.1, 0.15) is 40.1 Å². The van der Waals surface area contributed by atoms with Gasteiger partial charge in [0, 0.05) is 39.3 Å². The topological polar surface area (TPSA) is 77.7 Å². The molecule has 0 N–H and O–H groups in total. The van der Waals surface area contributed by atoms with Crippen LogP contribution in [0.3, 0.4) is 0 Å². The van der Waals surface area contributed by atoms with Gasteiger partial charge in [-0.15, -0.1) is 11.3 Å². The molecular weight excluding hydrogens is 354 g/mol. The number of nitrogens with zero attached hydrogens (tertiary/aromatic N) is 3. The molecule has 0 unspecified atom stereocenters. The molecule has 4 rings (SSSR count). The Bertz CT molecular complexity index is 706. The molecule has 7 nitrogen and oxygen atoms in total. The van der Waals surface area contributed by atoms with E-state index in [9.17, 15) is 4.79 Å². The van der Waals surface area contributed by atoms with Crippen molar-refractivity contribution in [1.29, 1.82) is 0 Å². The van der Waals surface area contributed by atoms with E-state index < -0.39 is 0 Å². The number of ether oxygens (including phenoxy) is 2. The van der Waals surface area contributed by atoms with Gasteiger partial charge in [0.05, 0.1) is 17.4 Å². The summed E-state index contributed by atoms with van der Waals surface area (Å²) >= 11 is 1.47. The zero-order valence-corrected chi connectivity index (χ0v) is 15.5. The summed E-state index contributed by atoms with van der Waals surface area (Å²) in [4.78, 5) is 19.3. The second-order valence-electron chi connectivity index (χ2n) is 6.81. The largest absolute Gasteiger partial charge is 0.381 e. The van der Waals surface area contributed by atoms with Crippen molar-refractivity contribution >= 4 is 17.2 Å². The molecule has 2 aliphatic heterocycles. The van der Waals surface area contributed by atoms with Gasteiger partial charge in [-0.05, 0) is 30.2 Å². The van der Waals surface area contributed by atoms with Gasteiger partial charge in [0.1, 0.15) is 0 Å². The second-order valence-corrected chi connectivity index (χ2v) is 7.76. The number of carbonyl (C=O) groups is 1. The molecule has 0 spiro atoms. The fourth-order valence-electron chi connectivity index (χ4n) is 3.22. The molecule has 0 aliphatic carbocycles. The highest BCUT2D eigenvalue weighted by Gasteiger charge is 2.36. The van der Waals surface area contributed by atoms with Gasteiger partial charge in [-0.1, -0.05) is 11.2 Å². The van der Waals surface area contributed by atoms with Crippen LogP contribution in [0.15, 0.2) is 22.0 Å². The van der Waals surface area contributed by atoms with E-state index in [0.717, 1.165) is 37.5 Å². The van der Waals surface area contributed by atoms with Crippen LogP contribution in [0.4, 0.5) is 0 Å². The van der Waals surface area contributed by atoms with Crippen LogP contribution < -0.4 is 0 Å². The summed E-state index contributed by atoms with van der Waals surface area (Å²) in [5, 5.41) is 5.95. The highest BCUT2D eigenvalue weighted by atomic mass is 32.1. The third-order valence-corrected chi connectivity index (χ3v) is 5.76. The van der Waals surface area contributed by atoms with Crippen LogP contribution in [0, 0.1) is 5.92 Å². The predicted molar refractivity (Wildman–Crippen MR) is 95.3 cm³/mol. The number of thiophene rings is 1. The average molecular weight is 377 g/mol. The number of rotatable bonds is 7. The van der Waals surface area contributed by atoms with Crippen molar-refractivity contribution in [3.05, 3.63) is 34.1 Å². The third kappa shape index (κ3) is 4.13. The Morgan fingerprint density at radius 2 is 2.19 bits per heavy atom. The molecule has 0 atom stereocenters. The normalized spacial score (nSPS) is 18.8. The van der Waals surface area contributed by atoms with Gasteiger partial charge in [0.25, 0.3) is 5.91 Å². The standard InChI is InChI=1S/C18H23N3O4S/c22-18(15-2-1-9-26-15)21-10-14(11-21)17-19-16(20-25-17)5-8-24-12-13-3-6-23-7-4-13/h1-2,9,13-14H,3-8,10-12H2. The summed E-state index contributed by atoms with van der Waals surface area (Å²) in [6, 6.07) is 3.75. The van der Waals surface area contributed by atoms with Gasteiger partial charge in [-0.25, -0.2) is 0 Å². The lowest BCUT2D eigenvalue weighted by Gasteiger charge is -2.36. The molecule has 2 aliphatic rings. The molecule has 0 saturated carbocycles. The molecule has 4 heterocycles. The first-order valence-electron chi connectivity index (χ1n) is 9.10. The van der Waals surface area contributed by atoms with Gasteiger partial charge in [0.2, 0.25) is 5.89 Å². The number of carbonyl (C=O) groups excluding carboxylic acids is 1. The minimum absolute atomic E-state index is 0.0810. The van der Waals surface area contributed by atoms with Crippen molar-refractivity contribution in [3.8, 4) is 0 Å². The minimum atomic E-state index is 0.0810. The Morgan fingerprint density at radius 1 is 1.35 bits per heavy atom. The number of likely N-dealkylation sites (tertiary alicyclic amines) is 1. The molecule has 2 aromatic rings. The molecule has 26 heavy (non-hydrogen) atoms. The van der Waals surface area contributed by atoms with Gasteiger partial charge in [-0.3, -0.25) is 4.79 Å². The van der Waals surface area contributed by atoms with E-state index in [0.29, 0.717) is 43.8 Å². The highest BCUT2D eigenvalue weighted by molar-refractivity contribution is 7.12. The lowest BCUT2D eigenvalue weighted by atomic mass is 10.00. The average Bonchev–Trinajstić information content (AvgIpc) is 3.30. The summed E-state index contributed by atoms with van der Waals surface area (Å²) in [5.74, 6) is 2.13. The van der Waals surface area contributed by atoms with Gasteiger partial charge in [0.15, 0.2) is 5.82 Å². The highest BCUT2D eigenvalue weighted by Crippen LogP contribution is 2.28. The van der Waals surface area contributed by atoms with E-state index in [1.54, 1.807) is 0 Å². The summed E-state index contributed by atoms with van der Waals surface area (Å²) in [6.45, 7) is 4.34. The quantitative estimate of drug-likeness (QED) is 0.690. The number of aromatic nitrogens is 2. The molecule has 140 valence electrons. The maximum absolute atomic E-state index is 12.2. The lowest BCUT2D eigenvalue weighted by Crippen LogP contribution is -2.48. The Kier molecular flexibility index (Phi) is 5.62. The molecule has 1 amide bonds. The van der Waals surface area contributed by atoms with Crippen LogP contribution in [0.25, 0.3) is 0 Å². The second kappa shape index (κ2) is 8.28. The van der Waals surface area contributed by atoms with E-state index >= 15 is 0 Å². The van der Waals surface area contributed by atoms with Crippen molar-refractivity contribution in [2.45, 2.75) is 25.2 Å². The summed E-state index contributed by atoms with van der Waals surface area (Å²) in [6.07, 6.45) is 2.81. The van der Waals surface area contributed by atoms with Crippen LogP contribution in [-0.2, 0) is 15.9 Å². The first-order valence-corrected chi connectivity index (χ1v) is 9.98. The Morgan fingerprint density at radius 3 is 2.96 bits per heavy atom. The zero-order valence-electron chi connectivity index (χ0n) is 14.6. The van der Waals surface area contributed by atoms with Crippen molar-refractivity contribution in [2.24, 2.45) is 5.92 Å². The monoisotopic (exact) mass is 377 g/mol. The van der Waals surface area contributed by atoms with Crippen LogP contribution in [-0.4, -0.2) is 60.5 Å². The summed E-state index contributed by atoms with van der Waals surface area (Å²) < 4.78 is 16.5. The van der Waals surface area contributed by atoms with E-state index in [2.05, 4.69) is 10.1 Å². The van der Waals surface area contributed by atoms with Crippen LogP contribution in [0.5, 0.6) is 0 Å². The first-order chi connectivity index (χ1) is 12.8. The van der Waals surface area contributed by atoms with Gasteiger partial charge < -0.3 is 18.9 Å². The summed E-state index contributed by atoms with van der Waals surface area (Å²) in [5.41, 5.74) is 0. The van der Waals surface area contributed by atoms with Crippen molar-refractivity contribution < 1.29 is 18.8 Å². The van der Waals surface area contributed by atoms with Crippen molar-refractivity contribution in [3.63, 3.8) is 0 Å². The number of amides is 1. The lowest BCUT2D eigenvalue weighted by molar-refractivity contribution is 0.0211. The molecule has 0 aromatic carbocycles. The van der Waals surface area contributed by atoms with Crippen LogP contribution >= 0.6 is 11.3 Å². The Hall–Kier alpha value is -1.77. The molecule has 8 heteroatoms. The number of hydrogen-bond donors (Lipinski definition) is 0. The first kappa shape index (κ1) is 17.6. The fourth-order valence-corrected chi connectivity index (χ4v) is 3.91. The Balaban J connectivity index is 1.17. The summed E-state index contributed by atoms with van der Waals surface area (Å²) in [7, 11) is 0. The molecule has 2 fully saturated rings. The van der Waals surface area contributed by atoms with Crippen molar-refractivity contribution in [2.75, 3.05) is 39.5 Å². The predicted octanol–water partition coefficient (Wildman–Crippen LogP) is 2.36. The minimum Gasteiger partial charge on any atom is -0.381 e. The van der Waals surface area contributed by atoms with Gasteiger partial charge >= 0.3 is 0 Å². The number of hydrogen-bond acceptors (Lipinski definition) is 7. The third-order valence-electron chi connectivity index (χ3n) is 4.90. The van der Waals surface area contributed by atoms with Crippen LogP contribution in [0.2, 0.25) is 0 Å². The van der Waals surface area contributed by atoms with Crippen molar-refractivity contribution in [1.82, 2.24) is 15.0 Å². The smallest absolute Gasteiger partial charge is 0.263 e. The van der Waals surface area contributed by atoms with E-state index in [1.807, 2.05) is 22.4 Å². The Labute approximate surface area is 156 Å². The molecule has 2 saturated heterocycles. The van der Waals surface area contributed by atoms with E-state index in [-0.39, 0.29) is 11.8 Å². The van der Waals surface area contributed by atoms with Gasteiger partial charge in [-0.2, -0.15) is 4.98 Å². The molecule has 0 bridgehead atoms. The SMILES string of the molecule is O=C(c1cccs1)N1CC(c2nc(CCOCC3CCOCC3)no2)C1. The molecule has 2 aromatic heterocycles. The molecular formula is C18H23N3O4S. The van der Waals surface area contributed by atoms with E-state index in [4.69, 9.17) is 14.0 Å².